The number of anilines is 2. The minimum atomic E-state index is -4.13. The van der Waals surface area contributed by atoms with Gasteiger partial charge in [0.05, 0.1) is 15.6 Å². The van der Waals surface area contributed by atoms with Gasteiger partial charge in [0.2, 0.25) is 0 Å². The first-order valence-electron chi connectivity index (χ1n) is 6.73. The van der Waals surface area contributed by atoms with Crippen molar-refractivity contribution < 1.29 is 13.3 Å². The van der Waals surface area contributed by atoms with E-state index in [2.05, 4.69) is 9.71 Å². The molecule has 0 amide bonds. The molecule has 8 nitrogen and oxygen atoms in total. The molecule has 0 bridgehead atoms. The van der Waals surface area contributed by atoms with Crippen LogP contribution in [0.5, 0.6) is 0 Å². The van der Waals surface area contributed by atoms with E-state index in [1.807, 2.05) is 0 Å². The van der Waals surface area contributed by atoms with Gasteiger partial charge >= 0.3 is 0 Å². The Kier molecular flexibility index (Phi) is 4.95. The summed E-state index contributed by atoms with van der Waals surface area (Å²) in [5.41, 5.74) is 0.185. The van der Waals surface area contributed by atoms with Crippen LogP contribution in [0.1, 0.15) is 5.56 Å². The molecule has 2 aromatic rings. The molecule has 2 rings (SSSR count). The van der Waals surface area contributed by atoms with Crippen LogP contribution in [-0.2, 0) is 10.0 Å². The van der Waals surface area contributed by atoms with Crippen molar-refractivity contribution in [3.05, 3.63) is 51.2 Å². The van der Waals surface area contributed by atoms with Crippen LogP contribution in [-0.4, -0.2) is 32.4 Å². The van der Waals surface area contributed by atoms with Gasteiger partial charge in [0.1, 0.15) is 4.90 Å². The molecule has 1 aromatic carbocycles. The van der Waals surface area contributed by atoms with Crippen LogP contribution < -0.4 is 9.62 Å². The second-order valence-electron chi connectivity index (χ2n) is 5.21. The topological polar surface area (TPSA) is 105 Å². The number of rotatable bonds is 5. The summed E-state index contributed by atoms with van der Waals surface area (Å²) in [7, 11) is -0.706. The van der Waals surface area contributed by atoms with Crippen molar-refractivity contribution in [2.24, 2.45) is 0 Å². The molecule has 0 aliphatic heterocycles. The molecule has 0 saturated heterocycles. The zero-order valence-corrected chi connectivity index (χ0v) is 14.7. The molecule has 1 heterocycles. The lowest BCUT2D eigenvalue weighted by Crippen LogP contribution is -2.18. The van der Waals surface area contributed by atoms with Gasteiger partial charge in [-0.1, -0.05) is 11.6 Å². The Morgan fingerprint density at radius 1 is 1.33 bits per heavy atom. The molecule has 0 aliphatic rings. The van der Waals surface area contributed by atoms with Crippen LogP contribution in [0.3, 0.4) is 0 Å². The molecule has 0 atom stereocenters. The Hall–Kier alpha value is -2.39. The highest BCUT2D eigenvalue weighted by molar-refractivity contribution is 7.92. The summed E-state index contributed by atoms with van der Waals surface area (Å²) >= 11 is 6.06. The minimum Gasteiger partial charge on any atom is -0.361 e. The third-order valence-corrected chi connectivity index (χ3v) is 5.16. The summed E-state index contributed by atoms with van der Waals surface area (Å²) in [6.45, 7) is 1.50. The molecule has 0 radical (unpaired) electrons. The van der Waals surface area contributed by atoms with Gasteiger partial charge in [-0.25, -0.2) is 13.4 Å². The number of halogens is 1. The fourth-order valence-corrected chi connectivity index (χ4v) is 3.70. The molecule has 128 valence electrons. The van der Waals surface area contributed by atoms with Gasteiger partial charge in [-0.2, -0.15) is 0 Å². The van der Waals surface area contributed by atoms with Crippen molar-refractivity contribution in [1.82, 2.24) is 4.98 Å². The van der Waals surface area contributed by atoms with Crippen molar-refractivity contribution in [2.75, 3.05) is 23.7 Å². The Morgan fingerprint density at radius 2 is 2.00 bits per heavy atom. The summed E-state index contributed by atoms with van der Waals surface area (Å²) in [4.78, 5) is 15.7. The summed E-state index contributed by atoms with van der Waals surface area (Å²) < 4.78 is 27.7. The van der Waals surface area contributed by atoms with Crippen molar-refractivity contribution in [1.29, 1.82) is 0 Å². The standard InChI is InChI=1S/C14H15ClN4O4S/c1-9-7-10(19(20)21)8-12(13(9)15)24(22,23)17-11-5-4-6-16-14(11)18(2)3/h4-8,17H,1-3H3. The second-order valence-corrected chi connectivity index (χ2v) is 7.24. The predicted molar refractivity (Wildman–Crippen MR) is 92.2 cm³/mol. The number of aryl methyl sites for hydroxylation is 1. The number of non-ortho nitro benzene ring substituents is 1. The quantitative estimate of drug-likeness (QED) is 0.640. The molecular weight excluding hydrogens is 356 g/mol. The van der Waals surface area contributed by atoms with E-state index in [-0.39, 0.29) is 21.3 Å². The SMILES string of the molecule is Cc1cc([N+](=O)[O-])cc(S(=O)(=O)Nc2cccnc2N(C)C)c1Cl. The first-order chi connectivity index (χ1) is 11.1. The van der Waals surface area contributed by atoms with Gasteiger partial charge in [0, 0.05) is 32.4 Å². The molecule has 10 heteroatoms. The van der Waals surface area contributed by atoms with E-state index in [0.29, 0.717) is 11.4 Å². The number of nitrogens with zero attached hydrogens (tertiary/aromatic N) is 3. The van der Waals surface area contributed by atoms with Crippen LogP contribution in [0.4, 0.5) is 17.2 Å². The van der Waals surface area contributed by atoms with Crippen molar-refractivity contribution in [3.63, 3.8) is 0 Å². The number of nitro benzene ring substituents is 1. The average Bonchev–Trinajstić information content (AvgIpc) is 2.49. The number of pyridine rings is 1. The number of hydrogen-bond donors (Lipinski definition) is 1. The molecule has 1 aromatic heterocycles. The highest BCUT2D eigenvalue weighted by atomic mass is 35.5. The highest BCUT2D eigenvalue weighted by Crippen LogP contribution is 2.32. The maximum absolute atomic E-state index is 12.7. The number of benzene rings is 1. The third kappa shape index (κ3) is 3.57. The minimum absolute atomic E-state index is 0.0663. The van der Waals surface area contributed by atoms with E-state index in [1.54, 1.807) is 25.1 Å². The van der Waals surface area contributed by atoms with Crippen molar-refractivity contribution in [2.45, 2.75) is 11.8 Å². The maximum Gasteiger partial charge on any atom is 0.271 e. The molecule has 0 fully saturated rings. The summed E-state index contributed by atoms with van der Waals surface area (Å²) in [6, 6.07) is 5.27. The molecule has 1 N–H and O–H groups in total. The van der Waals surface area contributed by atoms with Gasteiger partial charge in [-0.3, -0.25) is 14.8 Å². The lowest BCUT2D eigenvalue weighted by atomic mass is 10.2. The van der Waals surface area contributed by atoms with Gasteiger partial charge in [0.15, 0.2) is 5.82 Å². The van der Waals surface area contributed by atoms with Gasteiger partial charge in [-0.05, 0) is 24.6 Å². The molecular formula is C14H15ClN4O4S. The third-order valence-electron chi connectivity index (χ3n) is 3.16. The van der Waals surface area contributed by atoms with E-state index in [0.717, 1.165) is 6.07 Å². The molecule has 24 heavy (non-hydrogen) atoms. The number of hydrogen-bond acceptors (Lipinski definition) is 6. The Labute approximate surface area is 144 Å². The number of nitrogens with one attached hydrogen (secondary N) is 1. The monoisotopic (exact) mass is 370 g/mol. The van der Waals surface area contributed by atoms with Gasteiger partial charge < -0.3 is 4.90 Å². The van der Waals surface area contributed by atoms with E-state index in [1.165, 1.54) is 25.3 Å². The first kappa shape index (κ1) is 18.0. The largest absolute Gasteiger partial charge is 0.361 e. The molecule has 0 unspecified atom stereocenters. The van der Waals surface area contributed by atoms with E-state index in [4.69, 9.17) is 11.6 Å². The smallest absolute Gasteiger partial charge is 0.271 e. The predicted octanol–water partition coefficient (Wildman–Crippen LogP) is 2.82. The van der Waals surface area contributed by atoms with Crippen LogP contribution in [0, 0.1) is 17.0 Å². The molecule has 0 spiro atoms. The van der Waals surface area contributed by atoms with Crippen LogP contribution in [0.25, 0.3) is 0 Å². The highest BCUT2D eigenvalue weighted by Gasteiger charge is 2.25. The fourth-order valence-electron chi connectivity index (χ4n) is 2.05. The number of sulfonamides is 1. The normalized spacial score (nSPS) is 11.2. The first-order valence-corrected chi connectivity index (χ1v) is 8.59. The summed E-state index contributed by atoms with van der Waals surface area (Å²) in [5.74, 6) is 0.402. The molecule has 0 saturated carbocycles. The lowest BCUT2D eigenvalue weighted by Gasteiger charge is -2.17. The van der Waals surface area contributed by atoms with Crippen LogP contribution in [0.15, 0.2) is 35.4 Å². The molecule has 0 aliphatic carbocycles. The Morgan fingerprint density at radius 3 is 2.58 bits per heavy atom. The zero-order chi connectivity index (χ0) is 18.1. The maximum atomic E-state index is 12.7. The average molecular weight is 371 g/mol. The van der Waals surface area contributed by atoms with E-state index < -0.39 is 14.9 Å². The number of nitro groups is 1. The summed E-state index contributed by atoms with van der Waals surface area (Å²) in [5, 5.41) is 10.9. The van der Waals surface area contributed by atoms with Crippen molar-refractivity contribution >= 4 is 38.8 Å². The summed E-state index contributed by atoms with van der Waals surface area (Å²) in [6.07, 6.45) is 1.53. The fraction of sp³-hybridized carbons (Fsp3) is 0.214. The Balaban J connectivity index is 2.55. The van der Waals surface area contributed by atoms with Gasteiger partial charge in [-0.15, -0.1) is 0 Å². The van der Waals surface area contributed by atoms with E-state index >= 15 is 0 Å². The number of aromatic nitrogens is 1. The second kappa shape index (κ2) is 6.62. The zero-order valence-electron chi connectivity index (χ0n) is 13.1. The van der Waals surface area contributed by atoms with Gasteiger partial charge in [0.25, 0.3) is 15.7 Å². The lowest BCUT2D eigenvalue weighted by molar-refractivity contribution is -0.385. The van der Waals surface area contributed by atoms with Crippen LogP contribution in [0.2, 0.25) is 5.02 Å². The Bertz CT molecular complexity index is 900. The van der Waals surface area contributed by atoms with Crippen LogP contribution >= 0.6 is 11.6 Å². The van der Waals surface area contributed by atoms with E-state index in [9.17, 15) is 18.5 Å². The van der Waals surface area contributed by atoms with Crippen molar-refractivity contribution in [3.8, 4) is 0 Å².